The van der Waals surface area contributed by atoms with Crippen molar-refractivity contribution in [1.82, 2.24) is 4.31 Å². The molecule has 1 aromatic rings. The zero-order valence-corrected chi connectivity index (χ0v) is 16.3. The molecule has 1 heterocycles. The van der Waals surface area contributed by atoms with Crippen LogP contribution in [0.3, 0.4) is 0 Å². The summed E-state index contributed by atoms with van der Waals surface area (Å²) in [6, 6.07) is 2.98. The summed E-state index contributed by atoms with van der Waals surface area (Å²) in [7, 11) is -3.81. The molecule has 1 aliphatic heterocycles. The van der Waals surface area contributed by atoms with Gasteiger partial charge in [0.15, 0.2) is 0 Å². The van der Waals surface area contributed by atoms with Crippen LogP contribution in [0.25, 0.3) is 0 Å². The third-order valence-electron chi connectivity index (χ3n) is 3.63. The van der Waals surface area contributed by atoms with Gasteiger partial charge in [-0.1, -0.05) is 39.1 Å². The highest BCUT2D eigenvalue weighted by Gasteiger charge is 2.35. The molecule has 0 N–H and O–H groups in total. The van der Waals surface area contributed by atoms with E-state index in [0.717, 1.165) is 0 Å². The predicted molar refractivity (Wildman–Crippen MR) is 92.3 cm³/mol. The lowest BCUT2D eigenvalue weighted by molar-refractivity contribution is -0.149. The topological polar surface area (TPSA) is 63.7 Å². The number of hydrogen-bond donors (Lipinski definition) is 0. The Morgan fingerprint density at radius 1 is 1.30 bits per heavy atom. The van der Waals surface area contributed by atoms with Crippen LogP contribution < -0.4 is 0 Å². The van der Waals surface area contributed by atoms with Crippen LogP contribution in [-0.4, -0.2) is 38.4 Å². The van der Waals surface area contributed by atoms with Gasteiger partial charge in [0, 0.05) is 17.6 Å². The van der Waals surface area contributed by atoms with E-state index in [0.29, 0.717) is 23.9 Å². The lowest BCUT2D eigenvalue weighted by Gasteiger charge is -2.30. The van der Waals surface area contributed by atoms with Crippen molar-refractivity contribution in [3.63, 3.8) is 0 Å². The molecular weight excluding hydrogens is 429 g/mol. The van der Waals surface area contributed by atoms with E-state index < -0.39 is 10.0 Å². The second-order valence-electron chi connectivity index (χ2n) is 5.13. The molecule has 0 atom stereocenters. The third kappa shape index (κ3) is 4.20. The van der Waals surface area contributed by atoms with Gasteiger partial charge in [-0.15, -0.1) is 0 Å². The number of ether oxygens (including phenoxy) is 1. The maximum atomic E-state index is 12.8. The first-order valence-corrected chi connectivity index (χ1v) is 10.1. The fourth-order valence-electron chi connectivity index (χ4n) is 2.50. The number of hydrogen-bond acceptors (Lipinski definition) is 4. The van der Waals surface area contributed by atoms with Gasteiger partial charge in [0.2, 0.25) is 10.0 Å². The van der Waals surface area contributed by atoms with Gasteiger partial charge in [-0.25, -0.2) is 8.42 Å². The minimum absolute atomic E-state index is 0.0666. The van der Waals surface area contributed by atoms with Crippen molar-refractivity contribution in [3.05, 3.63) is 26.7 Å². The first-order chi connectivity index (χ1) is 10.8. The number of benzene rings is 1. The number of esters is 1. The van der Waals surface area contributed by atoms with E-state index >= 15 is 0 Å². The highest BCUT2D eigenvalue weighted by molar-refractivity contribution is 9.10. The molecule has 1 aromatic carbocycles. The Labute approximate surface area is 154 Å². The lowest BCUT2D eigenvalue weighted by Crippen LogP contribution is -2.40. The van der Waals surface area contributed by atoms with Crippen molar-refractivity contribution in [2.45, 2.75) is 24.7 Å². The molecule has 9 heteroatoms. The second kappa shape index (κ2) is 7.70. The molecule has 5 nitrogen and oxygen atoms in total. The lowest BCUT2D eigenvalue weighted by atomic mass is 9.98. The summed E-state index contributed by atoms with van der Waals surface area (Å²) in [6.07, 6.45) is 0.841. The van der Waals surface area contributed by atoms with Crippen molar-refractivity contribution in [2.24, 2.45) is 5.92 Å². The van der Waals surface area contributed by atoms with Gasteiger partial charge in [0.05, 0.1) is 22.6 Å². The summed E-state index contributed by atoms with van der Waals surface area (Å²) in [4.78, 5) is 11.6. The maximum Gasteiger partial charge on any atom is 0.309 e. The van der Waals surface area contributed by atoms with Crippen molar-refractivity contribution in [1.29, 1.82) is 0 Å². The number of carbonyl (C=O) groups excluding carboxylic acids is 1. The molecule has 0 unspecified atom stereocenters. The minimum atomic E-state index is -3.81. The first-order valence-electron chi connectivity index (χ1n) is 7.08. The molecule has 0 aromatic heterocycles. The molecule has 0 amide bonds. The Kier molecular flexibility index (Phi) is 6.35. The highest BCUT2D eigenvalue weighted by Crippen LogP contribution is 2.36. The third-order valence-corrected chi connectivity index (χ3v) is 6.91. The summed E-state index contributed by atoms with van der Waals surface area (Å²) < 4.78 is 32.4. The Bertz CT molecular complexity index is 680. The number of sulfonamides is 1. The summed E-state index contributed by atoms with van der Waals surface area (Å²) in [5.74, 6) is -0.540. The molecule has 1 saturated heterocycles. The Morgan fingerprint density at radius 2 is 1.83 bits per heavy atom. The molecule has 23 heavy (non-hydrogen) atoms. The SMILES string of the molecule is CCOC(=O)C1CCN(S(=O)(=O)c2c(Cl)cc(Br)cc2Cl)CC1. The van der Waals surface area contributed by atoms with Crippen LogP contribution in [0.4, 0.5) is 0 Å². The molecule has 0 saturated carbocycles. The zero-order chi connectivity index (χ0) is 17.2. The molecule has 1 aliphatic rings. The number of piperidine rings is 1. The van der Waals surface area contributed by atoms with Crippen LogP contribution in [0.15, 0.2) is 21.5 Å². The van der Waals surface area contributed by atoms with Crippen molar-refractivity contribution in [3.8, 4) is 0 Å². The number of rotatable bonds is 4. The zero-order valence-electron chi connectivity index (χ0n) is 12.4. The van der Waals surface area contributed by atoms with Gasteiger partial charge in [-0.3, -0.25) is 4.79 Å². The van der Waals surface area contributed by atoms with E-state index in [-0.39, 0.29) is 39.9 Å². The van der Waals surface area contributed by atoms with E-state index in [9.17, 15) is 13.2 Å². The van der Waals surface area contributed by atoms with Crippen LogP contribution in [0.5, 0.6) is 0 Å². The molecule has 0 aliphatic carbocycles. The predicted octanol–water partition coefficient (Wildman–Crippen LogP) is 3.72. The fourth-order valence-corrected chi connectivity index (χ4v) is 5.85. The van der Waals surface area contributed by atoms with E-state index in [1.54, 1.807) is 6.92 Å². The fraction of sp³-hybridized carbons (Fsp3) is 0.500. The average Bonchev–Trinajstić information content (AvgIpc) is 2.46. The Morgan fingerprint density at radius 3 is 2.30 bits per heavy atom. The standard InChI is InChI=1S/C14H16BrCl2NO4S/c1-2-22-14(19)9-3-5-18(6-4-9)23(20,21)13-11(16)7-10(15)8-12(13)17/h7-9H,2-6H2,1H3. The monoisotopic (exact) mass is 443 g/mol. The molecule has 0 radical (unpaired) electrons. The molecule has 1 fully saturated rings. The van der Waals surface area contributed by atoms with Gasteiger partial charge in [0.25, 0.3) is 0 Å². The first kappa shape index (κ1) is 19.0. The van der Waals surface area contributed by atoms with Crippen molar-refractivity contribution < 1.29 is 17.9 Å². The highest BCUT2D eigenvalue weighted by atomic mass is 79.9. The maximum absolute atomic E-state index is 12.8. The van der Waals surface area contributed by atoms with Crippen molar-refractivity contribution in [2.75, 3.05) is 19.7 Å². The van der Waals surface area contributed by atoms with E-state index in [2.05, 4.69) is 15.9 Å². The Balaban J connectivity index is 2.19. The molecule has 2 rings (SSSR count). The summed E-state index contributed by atoms with van der Waals surface area (Å²) in [5.41, 5.74) is 0. The molecule has 0 bridgehead atoms. The minimum Gasteiger partial charge on any atom is -0.466 e. The molecular formula is C14H16BrCl2NO4S. The number of halogens is 3. The van der Waals surface area contributed by atoms with Gasteiger partial charge >= 0.3 is 5.97 Å². The Hall–Kier alpha value is -0.340. The second-order valence-corrected chi connectivity index (χ2v) is 8.73. The van der Waals surface area contributed by atoms with Crippen LogP contribution in [-0.2, 0) is 19.6 Å². The van der Waals surface area contributed by atoms with Crippen LogP contribution in [0.1, 0.15) is 19.8 Å². The molecule has 0 spiro atoms. The summed E-state index contributed by atoms with van der Waals surface area (Å²) in [5, 5.41) is 0.133. The van der Waals surface area contributed by atoms with E-state index in [1.807, 2.05) is 0 Å². The van der Waals surface area contributed by atoms with Crippen LogP contribution in [0, 0.1) is 5.92 Å². The summed E-state index contributed by atoms with van der Waals surface area (Å²) in [6.45, 7) is 2.53. The number of carbonyl (C=O) groups is 1. The summed E-state index contributed by atoms with van der Waals surface area (Å²) >= 11 is 15.3. The van der Waals surface area contributed by atoms with Gasteiger partial charge in [-0.2, -0.15) is 4.31 Å². The largest absolute Gasteiger partial charge is 0.466 e. The van der Waals surface area contributed by atoms with Gasteiger partial charge in [0.1, 0.15) is 4.90 Å². The van der Waals surface area contributed by atoms with Gasteiger partial charge in [-0.05, 0) is 31.9 Å². The smallest absolute Gasteiger partial charge is 0.309 e. The van der Waals surface area contributed by atoms with E-state index in [1.165, 1.54) is 16.4 Å². The molecule has 128 valence electrons. The van der Waals surface area contributed by atoms with Gasteiger partial charge < -0.3 is 4.74 Å². The average molecular weight is 445 g/mol. The number of nitrogens with zero attached hydrogens (tertiary/aromatic N) is 1. The van der Waals surface area contributed by atoms with Crippen LogP contribution >= 0.6 is 39.1 Å². The van der Waals surface area contributed by atoms with Crippen LogP contribution in [0.2, 0.25) is 10.0 Å². The van der Waals surface area contributed by atoms with Crippen molar-refractivity contribution >= 4 is 55.1 Å². The normalized spacial score (nSPS) is 17.2. The quantitative estimate of drug-likeness (QED) is 0.664. The van der Waals surface area contributed by atoms with E-state index in [4.69, 9.17) is 27.9 Å².